The van der Waals surface area contributed by atoms with E-state index in [9.17, 15) is 0 Å². The van der Waals surface area contributed by atoms with Crippen molar-refractivity contribution in [1.29, 1.82) is 5.26 Å². The molecule has 0 unspecified atom stereocenters. The molecule has 0 aromatic carbocycles. The molecule has 2 N–H and O–H groups in total. The first-order valence-corrected chi connectivity index (χ1v) is 1.85. The molecule has 0 amide bonds. The van der Waals surface area contributed by atoms with Gasteiger partial charge in [-0.25, -0.2) is 0 Å². The molecule has 2 nitrogen and oxygen atoms in total. The first-order valence-electron chi connectivity index (χ1n) is 1.85. The Hall–Kier alpha value is -1.23. The van der Waals surface area contributed by atoms with Crippen LogP contribution in [0, 0.1) is 11.3 Å². The van der Waals surface area contributed by atoms with Crippen molar-refractivity contribution in [3.63, 3.8) is 0 Å². The minimum absolute atomic E-state index is 1.35. The molecule has 0 atom stereocenters. The fraction of sp³-hybridized carbons (Fsp3) is 0. The second kappa shape index (κ2) is 4.77. The highest BCUT2D eigenvalue weighted by Crippen LogP contribution is 1.68. The zero-order valence-corrected chi connectivity index (χ0v) is 3.83. The number of hydrogen-bond donors (Lipinski definition) is 1. The highest BCUT2D eigenvalue weighted by Gasteiger charge is 1.54. The quantitative estimate of drug-likeness (QED) is 0.381. The molecule has 0 saturated heterocycles. The standard InChI is InChI=1S/C5H6N2/c6-4-2-1-3-5-7/h1-4H,6H2/b3-1+,4-2+. The molecule has 0 aliphatic rings. The zero-order chi connectivity index (χ0) is 5.54. The van der Waals surface area contributed by atoms with Crippen LogP contribution in [-0.2, 0) is 0 Å². The van der Waals surface area contributed by atoms with Gasteiger partial charge in [0.05, 0.1) is 6.07 Å². The summed E-state index contributed by atoms with van der Waals surface area (Å²) in [5, 5.41) is 7.88. The van der Waals surface area contributed by atoms with Crippen molar-refractivity contribution >= 4 is 0 Å². The van der Waals surface area contributed by atoms with Crippen molar-refractivity contribution in [2.75, 3.05) is 0 Å². The van der Waals surface area contributed by atoms with Gasteiger partial charge in [0.2, 0.25) is 0 Å². The summed E-state index contributed by atoms with van der Waals surface area (Å²) in [6.07, 6.45) is 5.88. The number of nitriles is 1. The van der Waals surface area contributed by atoms with E-state index in [0.29, 0.717) is 0 Å². The van der Waals surface area contributed by atoms with Gasteiger partial charge in [0.25, 0.3) is 0 Å². The van der Waals surface area contributed by atoms with E-state index in [1.54, 1.807) is 12.2 Å². The lowest BCUT2D eigenvalue weighted by molar-refractivity contribution is 1.53. The van der Waals surface area contributed by atoms with Gasteiger partial charge in [0, 0.05) is 6.08 Å². The molecule has 0 aromatic heterocycles. The Morgan fingerprint density at radius 1 is 1.43 bits per heavy atom. The van der Waals surface area contributed by atoms with Crippen LogP contribution in [0.5, 0.6) is 0 Å². The average Bonchev–Trinajstić information content (AvgIpc) is 1.69. The average molecular weight is 94.1 g/mol. The first kappa shape index (κ1) is 5.77. The van der Waals surface area contributed by atoms with Crippen LogP contribution in [0.2, 0.25) is 0 Å². The number of nitrogens with two attached hydrogens (primary N) is 1. The Balaban J connectivity index is 3.33. The topological polar surface area (TPSA) is 49.8 Å². The van der Waals surface area contributed by atoms with Crippen LogP contribution in [0.3, 0.4) is 0 Å². The normalized spacial score (nSPS) is 10.1. The molecule has 36 valence electrons. The minimum Gasteiger partial charge on any atom is -0.405 e. The third kappa shape index (κ3) is 4.77. The highest BCUT2D eigenvalue weighted by atomic mass is 14.5. The lowest BCUT2D eigenvalue weighted by Gasteiger charge is -1.62. The minimum atomic E-state index is 1.35. The van der Waals surface area contributed by atoms with Gasteiger partial charge in [-0.3, -0.25) is 0 Å². The molecule has 0 fully saturated rings. The molecule has 0 bridgehead atoms. The Bertz CT molecular complexity index is 117. The largest absolute Gasteiger partial charge is 0.405 e. The van der Waals surface area contributed by atoms with E-state index in [2.05, 4.69) is 0 Å². The van der Waals surface area contributed by atoms with Crippen LogP contribution < -0.4 is 5.73 Å². The predicted octanol–water partition coefficient (Wildman–Crippen LogP) is 0.539. The van der Waals surface area contributed by atoms with Crippen LogP contribution in [0.25, 0.3) is 0 Å². The van der Waals surface area contributed by atoms with Gasteiger partial charge in [0.15, 0.2) is 0 Å². The summed E-state index contributed by atoms with van der Waals surface area (Å²) >= 11 is 0. The molecule has 0 rings (SSSR count). The Morgan fingerprint density at radius 3 is 2.57 bits per heavy atom. The summed E-state index contributed by atoms with van der Waals surface area (Å²) in [6.45, 7) is 0. The zero-order valence-electron chi connectivity index (χ0n) is 3.83. The third-order valence-electron chi connectivity index (χ3n) is 0.393. The fourth-order valence-corrected chi connectivity index (χ4v) is 0.163. The highest BCUT2D eigenvalue weighted by molar-refractivity contribution is 5.10. The fourth-order valence-electron chi connectivity index (χ4n) is 0.163. The molecule has 2 heteroatoms. The SMILES string of the molecule is N#C/C=C/C=C/N. The predicted molar refractivity (Wildman–Crippen MR) is 28.1 cm³/mol. The van der Waals surface area contributed by atoms with Gasteiger partial charge < -0.3 is 5.73 Å². The summed E-state index contributed by atoms with van der Waals surface area (Å²) in [4.78, 5) is 0. The molecule has 0 aromatic rings. The van der Waals surface area contributed by atoms with Gasteiger partial charge >= 0.3 is 0 Å². The summed E-state index contributed by atoms with van der Waals surface area (Å²) in [6, 6.07) is 1.82. The van der Waals surface area contributed by atoms with E-state index in [0.717, 1.165) is 0 Å². The van der Waals surface area contributed by atoms with Crippen molar-refractivity contribution in [2.45, 2.75) is 0 Å². The second-order valence-electron chi connectivity index (χ2n) is 0.873. The van der Waals surface area contributed by atoms with Gasteiger partial charge in [-0.05, 0) is 12.3 Å². The van der Waals surface area contributed by atoms with Crippen molar-refractivity contribution < 1.29 is 0 Å². The van der Waals surface area contributed by atoms with Crippen LogP contribution in [0.1, 0.15) is 0 Å². The molecular formula is C5H6N2. The van der Waals surface area contributed by atoms with Gasteiger partial charge in [0.1, 0.15) is 0 Å². The molecule has 0 saturated carbocycles. The van der Waals surface area contributed by atoms with Crippen molar-refractivity contribution in [2.24, 2.45) is 5.73 Å². The molecule has 0 aliphatic heterocycles. The smallest absolute Gasteiger partial charge is 0.0912 e. The molecule has 0 spiro atoms. The number of rotatable bonds is 1. The van der Waals surface area contributed by atoms with Gasteiger partial charge in [-0.2, -0.15) is 5.26 Å². The lowest BCUT2D eigenvalue weighted by Crippen LogP contribution is -1.71. The van der Waals surface area contributed by atoms with Crippen LogP contribution in [0.4, 0.5) is 0 Å². The molecule has 0 heterocycles. The van der Waals surface area contributed by atoms with E-state index in [1.165, 1.54) is 12.3 Å². The number of hydrogen-bond acceptors (Lipinski definition) is 2. The monoisotopic (exact) mass is 94.1 g/mol. The maximum atomic E-state index is 7.88. The molecule has 0 aliphatic carbocycles. The third-order valence-corrected chi connectivity index (χ3v) is 0.393. The Kier molecular flexibility index (Phi) is 3.93. The molecule has 7 heavy (non-hydrogen) atoms. The van der Waals surface area contributed by atoms with Crippen LogP contribution in [0.15, 0.2) is 24.4 Å². The summed E-state index contributed by atoms with van der Waals surface area (Å²) in [5.41, 5.74) is 4.93. The van der Waals surface area contributed by atoms with E-state index >= 15 is 0 Å². The second-order valence-corrected chi connectivity index (χ2v) is 0.873. The van der Waals surface area contributed by atoms with E-state index in [4.69, 9.17) is 11.0 Å². The molecule has 0 radical (unpaired) electrons. The van der Waals surface area contributed by atoms with Gasteiger partial charge in [-0.15, -0.1) is 0 Å². The van der Waals surface area contributed by atoms with Gasteiger partial charge in [-0.1, -0.05) is 6.08 Å². The summed E-state index contributed by atoms with van der Waals surface area (Å²) in [5.74, 6) is 0. The lowest BCUT2D eigenvalue weighted by atomic mass is 10.5. The van der Waals surface area contributed by atoms with Crippen molar-refractivity contribution in [3.8, 4) is 6.07 Å². The summed E-state index contributed by atoms with van der Waals surface area (Å²) in [7, 11) is 0. The van der Waals surface area contributed by atoms with E-state index in [1.807, 2.05) is 6.07 Å². The Morgan fingerprint density at radius 2 is 2.14 bits per heavy atom. The van der Waals surface area contributed by atoms with Crippen LogP contribution >= 0.6 is 0 Å². The number of nitrogens with zero attached hydrogens (tertiary/aromatic N) is 1. The Labute approximate surface area is 42.6 Å². The van der Waals surface area contributed by atoms with E-state index < -0.39 is 0 Å². The van der Waals surface area contributed by atoms with E-state index in [-0.39, 0.29) is 0 Å². The van der Waals surface area contributed by atoms with Crippen molar-refractivity contribution in [3.05, 3.63) is 24.4 Å². The maximum absolute atomic E-state index is 7.88. The first-order chi connectivity index (χ1) is 3.41. The summed E-state index contributed by atoms with van der Waals surface area (Å²) < 4.78 is 0. The number of allylic oxidation sites excluding steroid dienone is 3. The maximum Gasteiger partial charge on any atom is 0.0912 e. The van der Waals surface area contributed by atoms with Crippen LogP contribution in [-0.4, -0.2) is 0 Å². The molecular weight excluding hydrogens is 88.1 g/mol. The van der Waals surface area contributed by atoms with Crippen molar-refractivity contribution in [1.82, 2.24) is 0 Å².